The number of anilines is 1. The van der Waals surface area contributed by atoms with E-state index in [-0.39, 0.29) is 0 Å². The fraction of sp³-hybridized carbons (Fsp3) is 0.389. The molecule has 0 N–H and O–H groups in total. The van der Waals surface area contributed by atoms with Crippen LogP contribution in [0.5, 0.6) is 5.75 Å². The third kappa shape index (κ3) is 3.39. The monoisotopic (exact) mass is 372 g/mol. The van der Waals surface area contributed by atoms with Gasteiger partial charge in [-0.15, -0.1) is 11.3 Å². The first-order valence-corrected chi connectivity index (χ1v) is 10.0. The first kappa shape index (κ1) is 16.5. The molecule has 7 heteroatoms. The number of aryl methyl sites for hydroxylation is 1. The summed E-state index contributed by atoms with van der Waals surface area (Å²) in [6, 6.07) is 8.06. The molecule has 0 saturated carbocycles. The second kappa shape index (κ2) is 7.09. The summed E-state index contributed by atoms with van der Waals surface area (Å²) >= 11 is 3.26. The molecular formula is C18H20N4OS2. The van der Waals surface area contributed by atoms with Crippen LogP contribution in [0.1, 0.15) is 29.6 Å². The van der Waals surface area contributed by atoms with Crippen molar-refractivity contribution in [3.05, 3.63) is 40.5 Å². The van der Waals surface area contributed by atoms with E-state index in [4.69, 9.17) is 9.72 Å². The van der Waals surface area contributed by atoms with Crippen LogP contribution in [0.15, 0.2) is 29.6 Å². The maximum Gasteiger partial charge on any atom is 0.205 e. The molecule has 0 unspecified atom stereocenters. The van der Waals surface area contributed by atoms with Gasteiger partial charge >= 0.3 is 0 Å². The van der Waals surface area contributed by atoms with Crippen molar-refractivity contribution in [3.63, 3.8) is 0 Å². The molecule has 3 aromatic rings. The summed E-state index contributed by atoms with van der Waals surface area (Å²) < 4.78 is 9.75. The minimum atomic E-state index is 0.527. The molecule has 1 saturated heterocycles. The lowest BCUT2D eigenvalue weighted by atomic mass is 9.98. The number of para-hydroxylation sites is 1. The normalized spacial score (nSPS) is 15.5. The highest BCUT2D eigenvalue weighted by Gasteiger charge is 2.25. The summed E-state index contributed by atoms with van der Waals surface area (Å²) in [7, 11) is 1.71. The van der Waals surface area contributed by atoms with E-state index in [1.165, 1.54) is 16.5 Å². The molecule has 0 spiro atoms. The van der Waals surface area contributed by atoms with E-state index in [1.807, 2.05) is 25.1 Å². The van der Waals surface area contributed by atoms with Gasteiger partial charge in [-0.05, 0) is 31.9 Å². The Labute approximate surface area is 155 Å². The third-order valence-corrected chi connectivity index (χ3v) is 6.41. The second-order valence-electron chi connectivity index (χ2n) is 6.16. The van der Waals surface area contributed by atoms with Crippen molar-refractivity contribution in [1.29, 1.82) is 0 Å². The number of rotatable bonds is 4. The van der Waals surface area contributed by atoms with Gasteiger partial charge in [0.05, 0.1) is 17.8 Å². The zero-order chi connectivity index (χ0) is 17.2. The number of hydrogen-bond donors (Lipinski definition) is 0. The van der Waals surface area contributed by atoms with Crippen LogP contribution >= 0.6 is 22.9 Å². The summed E-state index contributed by atoms with van der Waals surface area (Å²) in [6.07, 6.45) is 2.22. The van der Waals surface area contributed by atoms with E-state index in [2.05, 4.69) is 25.7 Å². The van der Waals surface area contributed by atoms with Gasteiger partial charge in [0.15, 0.2) is 0 Å². The molecule has 1 aliphatic rings. The highest BCUT2D eigenvalue weighted by molar-refractivity contribution is 7.10. The first-order valence-electron chi connectivity index (χ1n) is 8.38. The summed E-state index contributed by atoms with van der Waals surface area (Å²) in [5, 5.41) is 4.42. The van der Waals surface area contributed by atoms with Crippen molar-refractivity contribution in [2.24, 2.45) is 0 Å². The predicted molar refractivity (Wildman–Crippen MR) is 103 cm³/mol. The van der Waals surface area contributed by atoms with Crippen molar-refractivity contribution >= 4 is 28.0 Å². The number of hydrogen-bond acceptors (Lipinski definition) is 7. The molecule has 5 nitrogen and oxygen atoms in total. The summed E-state index contributed by atoms with van der Waals surface area (Å²) in [4.78, 5) is 11.8. The molecule has 1 aliphatic heterocycles. The predicted octanol–water partition coefficient (Wildman–Crippen LogP) is 4.36. The van der Waals surface area contributed by atoms with Crippen molar-refractivity contribution in [3.8, 4) is 17.0 Å². The molecule has 0 amide bonds. The number of piperidine rings is 1. The number of aromatic nitrogens is 3. The van der Waals surface area contributed by atoms with Gasteiger partial charge in [-0.2, -0.15) is 4.37 Å². The lowest BCUT2D eigenvalue weighted by molar-refractivity contribution is 0.416. The summed E-state index contributed by atoms with van der Waals surface area (Å²) in [5.74, 6) is 2.27. The quantitative estimate of drug-likeness (QED) is 0.681. The van der Waals surface area contributed by atoms with Gasteiger partial charge in [0.2, 0.25) is 5.13 Å². The molecule has 0 aliphatic carbocycles. The van der Waals surface area contributed by atoms with Gasteiger partial charge in [-0.1, -0.05) is 12.1 Å². The van der Waals surface area contributed by atoms with E-state index in [1.54, 1.807) is 18.4 Å². The second-order valence-corrected chi connectivity index (χ2v) is 7.78. The molecule has 25 heavy (non-hydrogen) atoms. The highest BCUT2D eigenvalue weighted by Crippen LogP contribution is 2.36. The van der Waals surface area contributed by atoms with Crippen molar-refractivity contribution in [1.82, 2.24) is 14.3 Å². The molecule has 1 aromatic carbocycles. The molecule has 2 aromatic heterocycles. The third-order valence-electron chi connectivity index (χ3n) is 4.54. The van der Waals surface area contributed by atoms with Gasteiger partial charge in [0.25, 0.3) is 0 Å². The summed E-state index contributed by atoms with van der Waals surface area (Å²) in [6.45, 7) is 3.98. The zero-order valence-electron chi connectivity index (χ0n) is 14.3. The lowest BCUT2D eigenvalue weighted by Gasteiger charge is -2.30. The lowest BCUT2D eigenvalue weighted by Crippen LogP contribution is -2.32. The minimum Gasteiger partial charge on any atom is -0.496 e. The number of ether oxygens (including phenoxy) is 1. The molecule has 130 valence electrons. The highest BCUT2D eigenvalue weighted by atomic mass is 32.1. The molecular weight excluding hydrogens is 352 g/mol. The topological polar surface area (TPSA) is 51.1 Å². The average molecular weight is 373 g/mol. The maximum atomic E-state index is 5.47. The van der Waals surface area contributed by atoms with Crippen molar-refractivity contribution in [2.75, 3.05) is 25.1 Å². The van der Waals surface area contributed by atoms with Crippen LogP contribution in [0.3, 0.4) is 0 Å². The fourth-order valence-corrected chi connectivity index (χ4v) is 4.90. The SMILES string of the molecule is COc1ccccc1-c1csc(C2CCN(c3nc(C)ns3)CC2)n1. The van der Waals surface area contributed by atoms with Gasteiger partial charge in [0, 0.05) is 41.5 Å². The molecule has 1 fully saturated rings. The average Bonchev–Trinajstić information content (AvgIpc) is 3.31. The maximum absolute atomic E-state index is 5.47. The van der Waals surface area contributed by atoms with Crippen LogP contribution in [0, 0.1) is 6.92 Å². The fourth-order valence-electron chi connectivity index (χ4n) is 3.19. The van der Waals surface area contributed by atoms with Gasteiger partial charge in [-0.25, -0.2) is 9.97 Å². The van der Waals surface area contributed by atoms with E-state index in [0.717, 1.165) is 53.9 Å². The van der Waals surface area contributed by atoms with Crippen molar-refractivity contribution in [2.45, 2.75) is 25.7 Å². The molecule has 0 bridgehead atoms. The molecule has 0 atom stereocenters. The van der Waals surface area contributed by atoms with Gasteiger partial charge in [0.1, 0.15) is 11.6 Å². The Kier molecular flexibility index (Phi) is 4.67. The van der Waals surface area contributed by atoms with E-state index < -0.39 is 0 Å². The summed E-state index contributed by atoms with van der Waals surface area (Å²) in [5.41, 5.74) is 2.08. The number of nitrogens with zero attached hydrogens (tertiary/aromatic N) is 4. The Morgan fingerprint density at radius 3 is 2.68 bits per heavy atom. The number of benzene rings is 1. The van der Waals surface area contributed by atoms with E-state index in [9.17, 15) is 0 Å². The smallest absolute Gasteiger partial charge is 0.205 e. The van der Waals surface area contributed by atoms with Crippen LogP contribution in [-0.2, 0) is 0 Å². The van der Waals surface area contributed by atoms with Crippen LogP contribution in [0.4, 0.5) is 5.13 Å². The first-order chi connectivity index (χ1) is 12.2. The largest absolute Gasteiger partial charge is 0.496 e. The molecule has 0 radical (unpaired) electrons. The zero-order valence-corrected chi connectivity index (χ0v) is 15.9. The Balaban J connectivity index is 1.46. The number of thiazole rings is 1. The Bertz CT molecular complexity index is 852. The minimum absolute atomic E-state index is 0.527. The Morgan fingerprint density at radius 1 is 1.16 bits per heavy atom. The Morgan fingerprint density at radius 2 is 1.96 bits per heavy atom. The van der Waals surface area contributed by atoms with Crippen molar-refractivity contribution < 1.29 is 4.74 Å². The van der Waals surface area contributed by atoms with Crippen LogP contribution in [0.25, 0.3) is 11.3 Å². The van der Waals surface area contributed by atoms with Crippen LogP contribution in [0.2, 0.25) is 0 Å². The molecule has 4 rings (SSSR count). The van der Waals surface area contributed by atoms with Gasteiger partial charge < -0.3 is 9.64 Å². The van der Waals surface area contributed by atoms with Gasteiger partial charge in [-0.3, -0.25) is 0 Å². The van der Waals surface area contributed by atoms with E-state index in [0.29, 0.717) is 5.92 Å². The van der Waals surface area contributed by atoms with E-state index >= 15 is 0 Å². The van der Waals surface area contributed by atoms with Crippen LogP contribution in [-0.4, -0.2) is 34.5 Å². The Hall–Kier alpha value is -1.99. The molecule has 3 heterocycles. The van der Waals surface area contributed by atoms with Crippen LogP contribution < -0.4 is 9.64 Å². The number of methoxy groups -OCH3 is 1. The standard InChI is InChI=1S/C18H20N4OS2/c1-12-19-18(25-21-12)22-9-7-13(8-10-22)17-20-15(11-24-17)14-5-3-4-6-16(14)23-2/h3-6,11,13H,7-10H2,1-2H3.